The lowest BCUT2D eigenvalue weighted by Gasteiger charge is -2.02. The van der Waals surface area contributed by atoms with E-state index in [2.05, 4.69) is 12.1 Å². The fourth-order valence-corrected chi connectivity index (χ4v) is 1.38. The Morgan fingerprint density at radius 2 is 2.00 bits per heavy atom. The minimum atomic E-state index is -0.429. The number of hydrogen-bond donors (Lipinski definition) is 0. The van der Waals surface area contributed by atoms with E-state index < -0.39 is 5.97 Å². The van der Waals surface area contributed by atoms with Crippen molar-refractivity contribution in [2.45, 2.75) is 25.7 Å². The van der Waals surface area contributed by atoms with Gasteiger partial charge >= 0.3 is 5.97 Å². The molecule has 0 radical (unpaired) electrons. The van der Waals surface area contributed by atoms with E-state index in [0.29, 0.717) is 6.61 Å². The highest BCUT2D eigenvalue weighted by atomic mass is 16.5. The first-order chi connectivity index (χ1) is 7.83. The zero-order valence-corrected chi connectivity index (χ0v) is 9.19. The second-order valence-corrected chi connectivity index (χ2v) is 3.50. The van der Waals surface area contributed by atoms with Crippen molar-refractivity contribution >= 4 is 5.97 Å². The molecule has 0 unspecified atom stereocenters. The van der Waals surface area contributed by atoms with Gasteiger partial charge in [-0.05, 0) is 24.8 Å². The highest BCUT2D eigenvalue weighted by Gasteiger charge is 2.00. The standard InChI is InChI=1S/C13H15NO2/c14-10-9-13(15)16-11-5-4-8-12-6-2-1-3-7-12/h1-3,6-7H,4-5,8-9,11H2. The number of esters is 1. The topological polar surface area (TPSA) is 50.1 Å². The van der Waals surface area contributed by atoms with E-state index in [1.165, 1.54) is 5.56 Å². The lowest BCUT2D eigenvalue weighted by molar-refractivity contribution is -0.142. The minimum absolute atomic E-state index is 0.154. The number of nitrogens with zero attached hydrogens (tertiary/aromatic N) is 1. The van der Waals surface area contributed by atoms with Gasteiger partial charge in [0.15, 0.2) is 0 Å². The van der Waals surface area contributed by atoms with E-state index in [1.54, 1.807) is 6.07 Å². The Morgan fingerprint density at radius 3 is 2.69 bits per heavy atom. The molecule has 0 N–H and O–H groups in total. The molecule has 0 aromatic heterocycles. The number of aryl methyl sites for hydroxylation is 1. The van der Waals surface area contributed by atoms with Gasteiger partial charge in [-0.1, -0.05) is 30.3 Å². The molecule has 1 aromatic carbocycles. The molecule has 0 aliphatic heterocycles. The third-order valence-corrected chi connectivity index (χ3v) is 2.19. The van der Waals surface area contributed by atoms with Gasteiger partial charge in [0.2, 0.25) is 0 Å². The van der Waals surface area contributed by atoms with E-state index in [-0.39, 0.29) is 6.42 Å². The Morgan fingerprint density at radius 1 is 1.25 bits per heavy atom. The van der Waals surface area contributed by atoms with Crippen molar-refractivity contribution in [3.05, 3.63) is 35.9 Å². The largest absolute Gasteiger partial charge is 0.465 e. The van der Waals surface area contributed by atoms with Crippen LogP contribution in [0.5, 0.6) is 0 Å². The minimum Gasteiger partial charge on any atom is -0.465 e. The molecule has 0 saturated carbocycles. The van der Waals surface area contributed by atoms with Crippen LogP contribution in [-0.2, 0) is 16.0 Å². The van der Waals surface area contributed by atoms with E-state index in [1.807, 2.05) is 18.2 Å². The van der Waals surface area contributed by atoms with E-state index in [9.17, 15) is 4.79 Å². The highest BCUT2D eigenvalue weighted by molar-refractivity contribution is 5.71. The summed E-state index contributed by atoms with van der Waals surface area (Å²) in [7, 11) is 0. The average molecular weight is 217 g/mol. The Kier molecular flexibility index (Phi) is 5.72. The first-order valence-electron chi connectivity index (χ1n) is 5.39. The molecule has 0 bridgehead atoms. The molecular weight excluding hydrogens is 202 g/mol. The van der Waals surface area contributed by atoms with Crippen molar-refractivity contribution in [3.8, 4) is 6.07 Å². The third kappa shape index (κ3) is 5.16. The summed E-state index contributed by atoms with van der Waals surface area (Å²) in [6, 6.07) is 12.0. The van der Waals surface area contributed by atoms with Gasteiger partial charge < -0.3 is 4.74 Å². The number of benzene rings is 1. The Bertz CT molecular complexity index is 354. The second-order valence-electron chi connectivity index (χ2n) is 3.50. The molecule has 0 aliphatic rings. The molecular formula is C13H15NO2. The van der Waals surface area contributed by atoms with Crippen molar-refractivity contribution in [2.75, 3.05) is 6.61 Å². The maximum atomic E-state index is 10.8. The van der Waals surface area contributed by atoms with Gasteiger partial charge in [-0.15, -0.1) is 0 Å². The maximum absolute atomic E-state index is 10.8. The monoisotopic (exact) mass is 217 g/mol. The molecule has 16 heavy (non-hydrogen) atoms. The van der Waals surface area contributed by atoms with Crippen LogP contribution in [0, 0.1) is 11.3 Å². The summed E-state index contributed by atoms with van der Waals surface area (Å²) in [6.07, 6.45) is 2.67. The summed E-state index contributed by atoms with van der Waals surface area (Å²) in [5.41, 5.74) is 1.30. The summed E-state index contributed by atoms with van der Waals surface area (Å²) >= 11 is 0. The van der Waals surface area contributed by atoms with Crippen LogP contribution in [0.25, 0.3) is 0 Å². The van der Waals surface area contributed by atoms with Gasteiger partial charge in [-0.3, -0.25) is 4.79 Å². The quantitative estimate of drug-likeness (QED) is 0.543. The van der Waals surface area contributed by atoms with Gasteiger partial charge in [0.1, 0.15) is 6.42 Å². The van der Waals surface area contributed by atoms with Gasteiger partial charge in [0.05, 0.1) is 12.7 Å². The molecule has 1 aromatic rings. The van der Waals surface area contributed by atoms with Gasteiger partial charge in [0.25, 0.3) is 0 Å². The van der Waals surface area contributed by atoms with Crippen LogP contribution in [0.4, 0.5) is 0 Å². The molecule has 1 rings (SSSR count). The zero-order chi connectivity index (χ0) is 11.6. The van der Waals surface area contributed by atoms with E-state index >= 15 is 0 Å². The number of nitriles is 1. The molecule has 0 aliphatic carbocycles. The summed E-state index contributed by atoms with van der Waals surface area (Å²) in [6.45, 7) is 0.410. The van der Waals surface area contributed by atoms with Crippen molar-refractivity contribution in [3.63, 3.8) is 0 Å². The molecule has 0 atom stereocenters. The van der Waals surface area contributed by atoms with Gasteiger partial charge in [0, 0.05) is 0 Å². The summed E-state index contributed by atoms with van der Waals surface area (Å²) in [5, 5.41) is 8.24. The predicted molar refractivity (Wildman–Crippen MR) is 60.6 cm³/mol. The van der Waals surface area contributed by atoms with E-state index in [0.717, 1.165) is 19.3 Å². The molecule has 0 spiro atoms. The Hall–Kier alpha value is -1.82. The molecule has 0 saturated heterocycles. The van der Waals surface area contributed by atoms with Crippen molar-refractivity contribution < 1.29 is 9.53 Å². The van der Waals surface area contributed by atoms with E-state index in [4.69, 9.17) is 10.00 Å². The molecule has 0 amide bonds. The van der Waals surface area contributed by atoms with Crippen LogP contribution in [0.15, 0.2) is 30.3 Å². The van der Waals surface area contributed by atoms with Crippen LogP contribution >= 0.6 is 0 Å². The fraction of sp³-hybridized carbons (Fsp3) is 0.385. The average Bonchev–Trinajstić information content (AvgIpc) is 2.30. The smallest absolute Gasteiger partial charge is 0.320 e. The van der Waals surface area contributed by atoms with Crippen molar-refractivity contribution in [1.82, 2.24) is 0 Å². The fourth-order valence-electron chi connectivity index (χ4n) is 1.38. The van der Waals surface area contributed by atoms with Crippen LogP contribution in [0.1, 0.15) is 24.8 Å². The molecule has 84 valence electrons. The first-order valence-corrected chi connectivity index (χ1v) is 5.39. The van der Waals surface area contributed by atoms with Crippen LogP contribution in [0.2, 0.25) is 0 Å². The third-order valence-electron chi connectivity index (χ3n) is 2.19. The second kappa shape index (κ2) is 7.47. The molecule has 3 nitrogen and oxygen atoms in total. The summed E-state index contributed by atoms with van der Waals surface area (Å²) < 4.78 is 4.86. The highest BCUT2D eigenvalue weighted by Crippen LogP contribution is 2.04. The normalized spacial score (nSPS) is 9.44. The number of ether oxygens (including phenoxy) is 1. The number of unbranched alkanes of at least 4 members (excludes halogenated alkanes) is 1. The SMILES string of the molecule is N#CCC(=O)OCCCCc1ccccc1. The van der Waals surface area contributed by atoms with Crippen LogP contribution < -0.4 is 0 Å². The van der Waals surface area contributed by atoms with Crippen molar-refractivity contribution in [2.24, 2.45) is 0 Å². The molecule has 0 heterocycles. The maximum Gasteiger partial charge on any atom is 0.320 e. The van der Waals surface area contributed by atoms with Crippen LogP contribution in [0.3, 0.4) is 0 Å². The Balaban J connectivity index is 2.05. The van der Waals surface area contributed by atoms with Gasteiger partial charge in [-0.25, -0.2) is 0 Å². The predicted octanol–water partition coefficient (Wildman–Crippen LogP) is 2.47. The number of rotatable bonds is 6. The van der Waals surface area contributed by atoms with Gasteiger partial charge in [-0.2, -0.15) is 5.26 Å². The lowest BCUT2D eigenvalue weighted by atomic mass is 10.1. The Labute approximate surface area is 95.7 Å². The number of carbonyl (C=O) groups excluding carboxylic acids is 1. The first kappa shape index (κ1) is 12.3. The van der Waals surface area contributed by atoms with Crippen LogP contribution in [-0.4, -0.2) is 12.6 Å². The summed E-state index contributed by atoms with van der Waals surface area (Å²) in [4.78, 5) is 10.8. The lowest BCUT2D eigenvalue weighted by Crippen LogP contribution is -2.04. The molecule has 3 heteroatoms. The number of carbonyl (C=O) groups is 1. The van der Waals surface area contributed by atoms with Crippen molar-refractivity contribution in [1.29, 1.82) is 5.26 Å². The number of hydrogen-bond acceptors (Lipinski definition) is 3. The zero-order valence-electron chi connectivity index (χ0n) is 9.19. The summed E-state index contributed by atoms with van der Waals surface area (Å²) in [5.74, 6) is -0.429. The molecule has 0 fully saturated rings.